The van der Waals surface area contributed by atoms with Crippen molar-refractivity contribution in [2.24, 2.45) is 11.8 Å². The van der Waals surface area contributed by atoms with Crippen molar-refractivity contribution in [2.75, 3.05) is 26.7 Å². The lowest BCUT2D eigenvalue weighted by Gasteiger charge is -2.48. The fourth-order valence-corrected chi connectivity index (χ4v) is 8.04. The number of carbonyl (C=O) groups is 1. The number of likely N-dealkylation sites (tertiary alicyclic amines) is 1. The number of ether oxygens (including phenoxy) is 1. The van der Waals surface area contributed by atoms with Crippen molar-refractivity contribution in [3.8, 4) is 5.88 Å². The number of nitrogens with one attached hydrogen (secondary N) is 1. The minimum Gasteiger partial charge on any atom is -0.481 e. The van der Waals surface area contributed by atoms with Crippen LogP contribution in [0.4, 0.5) is 0 Å². The van der Waals surface area contributed by atoms with Crippen LogP contribution in [0.1, 0.15) is 80.5 Å². The van der Waals surface area contributed by atoms with Crippen molar-refractivity contribution in [3.05, 3.63) is 59.3 Å². The molecule has 1 N–H and O–H groups in total. The van der Waals surface area contributed by atoms with Crippen molar-refractivity contribution < 1.29 is 9.53 Å². The summed E-state index contributed by atoms with van der Waals surface area (Å²) in [6, 6.07) is 15.6. The summed E-state index contributed by atoms with van der Waals surface area (Å²) in [5.41, 5.74) is 3.72. The van der Waals surface area contributed by atoms with Gasteiger partial charge in [-0.25, -0.2) is 4.98 Å². The topological polar surface area (TPSA) is 54.5 Å². The molecular formula is C31H41N3O2. The molecule has 2 aromatic rings. The van der Waals surface area contributed by atoms with Crippen LogP contribution in [0.15, 0.2) is 42.5 Å². The van der Waals surface area contributed by atoms with Crippen LogP contribution >= 0.6 is 0 Å². The van der Waals surface area contributed by atoms with E-state index in [1.54, 1.807) is 7.11 Å². The number of benzene rings is 1. The van der Waals surface area contributed by atoms with Crippen molar-refractivity contribution in [3.63, 3.8) is 0 Å². The maximum absolute atomic E-state index is 14.5. The first-order chi connectivity index (χ1) is 17.7. The van der Waals surface area contributed by atoms with E-state index in [2.05, 4.69) is 46.6 Å². The van der Waals surface area contributed by atoms with Gasteiger partial charge < -0.3 is 15.0 Å². The molecule has 1 saturated carbocycles. The highest BCUT2D eigenvalue weighted by Crippen LogP contribution is 2.47. The molecule has 3 fully saturated rings. The molecule has 4 atom stereocenters. The van der Waals surface area contributed by atoms with Gasteiger partial charge in [0.05, 0.1) is 13.0 Å². The van der Waals surface area contributed by atoms with Gasteiger partial charge in [-0.3, -0.25) is 4.79 Å². The van der Waals surface area contributed by atoms with Crippen LogP contribution in [0.25, 0.3) is 0 Å². The Bertz CT molecular complexity index is 1070. The lowest BCUT2D eigenvalue weighted by Crippen LogP contribution is -2.55. The van der Waals surface area contributed by atoms with Crippen molar-refractivity contribution >= 4 is 5.91 Å². The largest absolute Gasteiger partial charge is 0.481 e. The van der Waals surface area contributed by atoms with Crippen LogP contribution < -0.4 is 10.1 Å². The molecule has 1 spiro atoms. The first-order valence-corrected chi connectivity index (χ1v) is 14.3. The molecule has 2 saturated heterocycles. The summed E-state index contributed by atoms with van der Waals surface area (Å²) >= 11 is 0. The van der Waals surface area contributed by atoms with E-state index in [1.165, 1.54) is 43.2 Å². The molecule has 192 valence electrons. The Morgan fingerprint density at radius 2 is 1.89 bits per heavy atom. The number of carbonyl (C=O) groups excluding carboxylic acids is 1. The number of amides is 1. The van der Waals surface area contributed by atoms with E-state index in [-0.39, 0.29) is 11.3 Å². The normalized spacial score (nSPS) is 30.8. The van der Waals surface area contributed by atoms with Crippen molar-refractivity contribution in [1.29, 1.82) is 0 Å². The fraction of sp³-hybridized carbons (Fsp3) is 0.613. The molecule has 36 heavy (non-hydrogen) atoms. The van der Waals surface area contributed by atoms with Gasteiger partial charge in [0.15, 0.2) is 0 Å². The molecule has 1 amide bonds. The standard InChI is InChI=1S/C31H41N3O2/c1-36-29-15-14-25-27(33-29)13-8-17-31(25)21-32-20-26(31)30(35)34-18-16-24(22-9-4-2-5-10-22)19-28(34)23-11-6-3-7-12-23/h2,4-5,9-10,14-15,23-24,26,28,32H,3,6-8,11-13,16-21H2,1H3. The second-order valence-electron chi connectivity index (χ2n) is 11.7. The number of nitrogens with zero attached hydrogens (tertiary/aromatic N) is 2. The molecule has 0 bridgehead atoms. The maximum atomic E-state index is 14.5. The summed E-state index contributed by atoms with van der Waals surface area (Å²) in [6.07, 6.45) is 11.8. The second-order valence-corrected chi connectivity index (χ2v) is 11.7. The number of hydrogen-bond donors (Lipinski definition) is 1. The number of hydrogen-bond acceptors (Lipinski definition) is 4. The van der Waals surface area contributed by atoms with E-state index in [0.29, 0.717) is 29.7 Å². The van der Waals surface area contributed by atoms with Gasteiger partial charge in [0.1, 0.15) is 0 Å². The zero-order chi connectivity index (χ0) is 24.5. The summed E-state index contributed by atoms with van der Waals surface area (Å²) in [4.78, 5) is 21.7. The molecule has 0 radical (unpaired) electrons. The Balaban J connectivity index is 1.30. The smallest absolute Gasteiger partial charge is 0.228 e. The third-order valence-corrected chi connectivity index (χ3v) is 9.88. The summed E-state index contributed by atoms with van der Waals surface area (Å²) < 4.78 is 5.43. The van der Waals surface area contributed by atoms with Gasteiger partial charge in [-0.1, -0.05) is 55.7 Å². The maximum Gasteiger partial charge on any atom is 0.228 e. The minimum absolute atomic E-state index is 0.00823. The van der Waals surface area contributed by atoms with E-state index in [0.717, 1.165) is 57.4 Å². The zero-order valence-corrected chi connectivity index (χ0v) is 21.8. The molecule has 2 aliphatic carbocycles. The van der Waals surface area contributed by atoms with Crippen LogP contribution in [0.2, 0.25) is 0 Å². The van der Waals surface area contributed by atoms with Crippen molar-refractivity contribution in [2.45, 2.75) is 81.6 Å². The Labute approximate surface area is 216 Å². The van der Waals surface area contributed by atoms with Gasteiger partial charge in [-0.2, -0.15) is 0 Å². The van der Waals surface area contributed by atoms with Crippen LogP contribution in [0, 0.1) is 11.8 Å². The molecule has 2 aliphatic heterocycles. The van der Waals surface area contributed by atoms with Gasteiger partial charge in [-0.15, -0.1) is 0 Å². The number of piperidine rings is 1. The number of methoxy groups -OCH3 is 1. The molecular weight excluding hydrogens is 446 g/mol. The number of aryl methyl sites for hydroxylation is 1. The van der Waals surface area contributed by atoms with Crippen LogP contribution in [-0.4, -0.2) is 48.6 Å². The highest BCUT2D eigenvalue weighted by molar-refractivity contribution is 5.82. The third-order valence-electron chi connectivity index (χ3n) is 9.88. The first kappa shape index (κ1) is 24.0. The Morgan fingerprint density at radius 1 is 1.06 bits per heavy atom. The molecule has 5 heteroatoms. The summed E-state index contributed by atoms with van der Waals surface area (Å²) in [7, 11) is 1.68. The SMILES string of the molecule is COc1ccc2c(n1)CCCC21CNCC1C(=O)N1CCC(c2ccccc2)CC1C1CCCCC1. The van der Waals surface area contributed by atoms with Gasteiger partial charge >= 0.3 is 0 Å². The average molecular weight is 488 g/mol. The van der Waals surface area contributed by atoms with Gasteiger partial charge in [-0.05, 0) is 67.9 Å². The van der Waals surface area contributed by atoms with Crippen molar-refractivity contribution in [1.82, 2.24) is 15.2 Å². The highest BCUT2D eigenvalue weighted by Gasteiger charge is 2.52. The molecule has 6 rings (SSSR count). The second kappa shape index (κ2) is 10.2. The summed E-state index contributed by atoms with van der Waals surface area (Å²) in [6.45, 7) is 2.54. The van der Waals surface area contributed by atoms with Crippen LogP contribution in [-0.2, 0) is 16.6 Å². The number of aromatic nitrogens is 1. The number of pyridine rings is 1. The molecule has 4 aliphatic rings. The predicted molar refractivity (Wildman–Crippen MR) is 142 cm³/mol. The molecule has 3 heterocycles. The third kappa shape index (κ3) is 4.23. The van der Waals surface area contributed by atoms with E-state index in [4.69, 9.17) is 9.72 Å². The Morgan fingerprint density at radius 3 is 2.69 bits per heavy atom. The predicted octanol–water partition coefficient (Wildman–Crippen LogP) is 5.24. The lowest BCUT2D eigenvalue weighted by molar-refractivity contribution is -0.143. The summed E-state index contributed by atoms with van der Waals surface area (Å²) in [5.74, 6) is 2.27. The average Bonchev–Trinajstić information content (AvgIpc) is 3.37. The van der Waals surface area contributed by atoms with Crippen LogP contribution in [0.3, 0.4) is 0 Å². The molecule has 1 aromatic heterocycles. The molecule has 4 unspecified atom stereocenters. The molecule has 1 aromatic carbocycles. The lowest BCUT2D eigenvalue weighted by atomic mass is 9.64. The highest BCUT2D eigenvalue weighted by atomic mass is 16.5. The Hall–Kier alpha value is -2.40. The van der Waals surface area contributed by atoms with E-state index in [1.807, 2.05) is 6.07 Å². The monoisotopic (exact) mass is 487 g/mol. The van der Waals surface area contributed by atoms with E-state index >= 15 is 0 Å². The molecule has 5 nitrogen and oxygen atoms in total. The van der Waals surface area contributed by atoms with Crippen LogP contribution in [0.5, 0.6) is 5.88 Å². The first-order valence-electron chi connectivity index (χ1n) is 14.3. The van der Waals surface area contributed by atoms with Gasteiger partial charge in [0.25, 0.3) is 0 Å². The minimum atomic E-state index is -0.142. The number of rotatable bonds is 4. The summed E-state index contributed by atoms with van der Waals surface area (Å²) in [5, 5.41) is 3.64. The van der Waals surface area contributed by atoms with E-state index in [9.17, 15) is 4.79 Å². The zero-order valence-electron chi connectivity index (χ0n) is 21.8. The fourth-order valence-electron chi connectivity index (χ4n) is 8.04. The Kier molecular flexibility index (Phi) is 6.76. The van der Waals surface area contributed by atoms with Gasteiger partial charge in [0.2, 0.25) is 11.8 Å². The quantitative estimate of drug-likeness (QED) is 0.641. The number of fused-ring (bicyclic) bond motifs is 2. The van der Waals surface area contributed by atoms with E-state index < -0.39 is 0 Å². The van der Waals surface area contributed by atoms with Gasteiger partial charge in [0, 0.05) is 42.9 Å².